The molecule has 0 spiro atoms. The Hall–Kier alpha value is -0.820. The third kappa shape index (κ3) is 2.47. The van der Waals surface area contributed by atoms with Crippen LogP contribution in [0.25, 0.3) is 0 Å². The molecule has 2 aliphatic rings. The van der Waals surface area contributed by atoms with Gasteiger partial charge in [-0.1, -0.05) is 23.1 Å². The van der Waals surface area contributed by atoms with Crippen LogP contribution in [0.3, 0.4) is 0 Å². The summed E-state index contributed by atoms with van der Waals surface area (Å²) in [5.41, 5.74) is 0. The smallest absolute Gasteiger partial charge is 0.319 e. The van der Waals surface area contributed by atoms with Gasteiger partial charge in [-0.3, -0.25) is 4.79 Å². The maximum Gasteiger partial charge on any atom is 0.319 e. The van der Waals surface area contributed by atoms with Crippen LogP contribution < -0.4 is 4.90 Å². The fourth-order valence-electron chi connectivity index (χ4n) is 2.22. The van der Waals surface area contributed by atoms with E-state index < -0.39 is 0 Å². The third-order valence-corrected chi connectivity index (χ3v) is 5.41. The first kappa shape index (κ1) is 12.2. The first-order valence-corrected chi connectivity index (χ1v) is 7.87. The second-order valence-electron chi connectivity index (χ2n) is 4.63. The van der Waals surface area contributed by atoms with Gasteiger partial charge < -0.3 is 9.64 Å². The molecule has 0 amide bonds. The van der Waals surface area contributed by atoms with Crippen molar-refractivity contribution < 1.29 is 9.53 Å². The Balaban J connectivity index is 1.64. The van der Waals surface area contributed by atoms with E-state index in [1.165, 1.54) is 24.6 Å². The van der Waals surface area contributed by atoms with Crippen molar-refractivity contribution in [1.82, 2.24) is 10.2 Å². The molecule has 3 heterocycles. The lowest BCUT2D eigenvalue weighted by Gasteiger charge is -2.10. The lowest BCUT2D eigenvalue weighted by molar-refractivity contribution is -0.140. The lowest BCUT2D eigenvalue weighted by atomic mass is 10.3. The van der Waals surface area contributed by atoms with E-state index in [9.17, 15) is 4.79 Å². The minimum Gasteiger partial charge on any atom is -0.462 e. The van der Waals surface area contributed by atoms with Gasteiger partial charge in [0.15, 0.2) is 4.34 Å². The van der Waals surface area contributed by atoms with Gasteiger partial charge >= 0.3 is 5.97 Å². The number of anilines is 1. The van der Waals surface area contributed by atoms with Gasteiger partial charge in [-0.15, -0.1) is 10.2 Å². The predicted octanol–water partition coefficient (Wildman–Crippen LogP) is 1.93. The highest BCUT2D eigenvalue weighted by atomic mass is 32.2. The number of aromatic nitrogens is 2. The summed E-state index contributed by atoms with van der Waals surface area (Å²) in [7, 11) is 0. The SMILES string of the molecule is C[C@@H]1C[C@H](Sc2nnc(N3CCCC3)s2)C(=O)O1. The van der Waals surface area contributed by atoms with E-state index in [0.29, 0.717) is 0 Å². The Morgan fingerprint density at radius 1 is 1.39 bits per heavy atom. The van der Waals surface area contributed by atoms with Crippen LogP contribution >= 0.6 is 23.1 Å². The van der Waals surface area contributed by atoms with Crippen molar-refractivity contribution in [1.29, 1.82) is 0 Å². The van der Waals surface area contributed by atoms with E-state index in [1.807, 2.05) is 6.92 Å². The van der Waals surface area contributed by atoms with Crippen molar-refractivity contribution >= 4 is 34.2 Å². The van der Waals surface area contributed by atoms with Crippen molar-refractivity contribution in [2.75, 3.05) is 18.0 Å². The molecule has 0 aromatic carbocycles. The summed E-state index contributed by atoms with van der Waals surface area (Å²) in [4.78, 5) is 13.8. The maximum absolute atomic E-state index is 11.6. The number of carbonyl (C=O) groups excluding carboxylic acids is 1. The van der Waals surface area contributed by atoms with Gasteiger partial charge in [0, 0.05) is 19.5 Å². The largest absolute Gasteiger partial charge is 0.462 e. The molecule has 5 nitrogen and oxygen atoms in total. The molecule has 0 unspecified atom stereocenters. The van der Waals surface area contributed by atoms with E-state index >= 15 is 0 Å². The Morgan fingerprint density at radius 3 is 2.83 bits per heavy atom. The van der Waals surface area contributed by atoms with Crippen LogP contribution in [0.5, 0.6) is 0 Å². The minimum atomic E-state index is -0.120. The van der Waals surface area contributed by atoms with Gasteiger partial charge in [0.25, 0.3) is 0 Å². The van der Waals surface area contributed by atoms with E-state index in [1.54, 1.807) is 11.3 Å². The molecule has 2 fully saturated rings. The Bertz CT molecular complexity index is 445. The van der Waals surface area contributed by atoms with Gasteiger partial charge in [0.1, 0.15) is 11.4 Å². The van der Waals surface area contributed by atoms with Crippen LogP contribution in [0.1, 0.15) is 26.2 Å². The molecule has 0 saturated carbocycles. The zero-order valence-electron chi connectivity index (χ0n) is 10.2. The fourth-order valence-corrected chi connectivity index (χ4v) is 4.47. The van der Waals surface area contributed by atoms with Gasteiger partial charge in [0.2, 0.25) is 5.13 Å². The Labute approximate surface area is 114 Å². The standard InChI is InChI=1S/C11H15N3O2S2/c1-7-6-8(9(15)16-7)17-11-13-12-10(18-11)14-4-2-3-5-14/h7-8H,2-6H2,1H3/t7-,8+/m1/s1. The molecular formula is C11H15N3O2S2. The zero-order valence-corrected chi connectivity index (χ0v) is 11.8. The normalized spacial score (nSPS) is 27.8. The van der Waals surface area contributed by atoms with Crippen LogP contribution in [0.2, 0.25) is 0 Å². The van der Waals surface area contributed by atoms with Crippen molar-refractivity contribution in [3.05, 3.63) is 0 Å². The van der Waals surface area contributed by atoms with Crippen molar-refractivity contribution in [3.8, 4) is 0 Å². The molecule has 0 N–H and O–H groups in total. The van der Waals surface area contributed by atoms with Crippen LogP contribution in [-0.4, -0.2) is 40.6 Å². The molecule has 3 rings (SSSR count). The van der Waals surface area contributed by atoms with Crippen LogP contribution in [-0.2, 0) is 9.53 Å². The van der Waals surface area contributed by atoms with Gasteiger partial charge in [-0.25, -0.2) is 0 Å². The van der Waals surface area contributed by atoms with Crippen LogP contribution in [0.15, 0.2) is 4.34 Å². The number of rotatable bonds is 3. The van der Waals surface area contributed by atoms with E-state index in [-0.39, 0.29) is 17.3 Å². The third-order valence-electron chi connectivity index (χ3n) is 3.14. The second-order valence-corrected chi connectivity index (χ2v) is 7.04. The highest BCUT2D eigenvalue weighted by Crippen LogP contribution is 2.36. The minimum absolute atomic E-state index is 0.0287. The molecule has 1 aromatic rings. The Morgan fingerprint density at radius 2 is 2.17 bits per heavy atom. The molecule has 2 saturated heterocycles. The summed E-state index contributed by atoms with van der Waals surface area (Å²) < 4.78 is 6.01. The molecule has 7 heteroatoms. The molecular weight excluding hydrogens is 270 g/mol. The predicted molar refractivity (Wildman–Crippen MR) is 71.2 cm³/mol. The molecule has 2 atom stereocenters. The lowest BCUT2D eigenvalue weighted by Crippen LogP contribution is -2.17. The van der Waals surface area contributed by atoms with Crippen molar-refractivity contribution in [2.45, 2.75) is 41.9 Å². The highest BCUT2D eigenvalue weighted by Gasteiger charge is 2.33. The van der Waals surface area contributed by atoms with Gasteiger partial charge in [-0.05, 0) is 19.8 Å². The zero-order chi connectivity index (χ0) is 12.5. The first-order valence-electron chi connectivity index (χ1n) is 6.18. The Kier molecular flexibility index (Phi) is 3.43. The topological polar surface area (TPSA) is 55.3 Å². The monoisotopic (exact) mass is 285 g/mol. The van der Waals surface area contributed by atoms with Crippen molar-refractivity contribution in [2.24, 2.45) is 0 Å². The summed E-state index contributed by atoms with van der Waals surface area (Å²) >= 11 is 3.07. The van der Waals surface area contributed by atoms with Gasteiger partial charge in [-0.2, -0.15) is 0 Å². The summed E-state index contributed by atoms with van der Waals surface area (Å²) in [6.07, 6.45) is 3.26. The van der Waals surface area contributed by atoms with E-state index in [0.717, 1.165) is 29.0 Å². The number of hydrogen-bond acceptors (Lipinski definition) is 7. The van der Waals surface area contributed by atoms with Crippen LogP contribution in [0.4, 0.5) is 5.13 Å². The molecule has 1 aromatic heterocycles. The number of thioether (sulfide) groups is 1. The molecule has 2 aliphatic heterocycles. The average Bonchev–Trinajstić information content (AvgIpc) is 3.02. The number of cyclic esters (lactones) is 1. The molecule has 18 heavy (non-hydrogen) atoms. The summed E-state index contributed by atoms with van der Waals surface area (Å²) in [6.45, 7) is 4.07. The number of esters is 1. The molecule has 0 aliphatic carbocycles. The van der Waals surface area contributed by atoms with Crippen molar-refractivity contribution in [3.63, 3.8) is 0 Å². The summed E-state index contributed by atoms with van der Waals surface area (Å²) in [5.74, 6) is -0.120. The molecule has 0 bridgehead atoms. The highest BCUT2D eigenvalue weighted by molar-refractivity contribution is 8.02. The quantitative estimate of drug-likeness (QED) is 0.791. The van der Waals surface area contributed by atoms with E-state index in [2.05, 4.69) is 15.1 Å². The number of nitrogens with zero attached hydrogens (tertiary/aromatic N) is 3. The van der Waals surface area contributed by atoms with Crippen LogP contribution in [0, 0.1) is 0 Å². The number of carbonyl (C=O) groups is 1. The fraction of sp³-hybridized carbons (Fsp3) is 0.727. The summed E-state index contributed by atoms with van der Waals surface area (Å²) in [6, 6.07) is 0. The summed E-state index contributed by atoms with van der Waals surface area (Å²) in [5, 5.41) is 9.24. The average molecular weight is 285 g/mol. The first-order chi connectivity index (χ1) is 8.72. The molecule has 98 valence electrons. The molecule has 0 radical (unpaired) electrons. The number of ether oxygens (including phenoxy) is 1. The van der Waals surface area contributed by atoms with Gasteiger partial charge in [0.05, 0.1) is 0 Å². The second kappa shape index (κ2) is 5.05. The van der Waals surface area contributed by atoms with E-state index in [4.69, 9.17) is 4.74 Å². The maximum atomic E-state index is 11.6. The number of hydrogen-bond donors (Lipinski definition) is 0.